The highest BCUT2D eigenvalue weighted by Crippen LogP contribution is 2.23. The van der Waals surface area contributed by atoms with Crippen LogP contribution < -0.4 is 10.2 Å². The molecule has 3 rings (SSSR count). The number of aryl methyl sites for hydroxylation is 1. The van der Waals surface area contributed by atoms with Gasteiger partial charge in [-0.25, -0.2) is 0 Å². The predicted molar refractivity (Wildman–Crippen MR) is 101 cm³/mol. The van der Waals surface area contributed by atoms with Crippen molar-refractivity contribution in [3.63, 3.8) is 0 Å². The number of benzene rings is 1. The van der Waals surface area contributed by atoms with Gasteiger partial charge >= 0.3 is 0 Å². The van der Waals surface area contributed by atoms with Gasteiger partial charge in [-0.05, 0) is 43.0 Å². The molecule has 1 aromatic carbocycles. The second-order valence-electron chi connectivity index (χ2n) is 6.93. The third kappa shape index (κ3) is 4.59. The van der Waals surface area contributed by atoms with Gasteiger partial charge in [0, 0.05) is 51.5 Å². The smallest absolute Gasteiger partial charge is 0.0689 e. The fourth-order valence-electron chi connectivity index (χ4n) is 3.51. The van der Waals surface area contributed by atoms with Crippen LogP contribution in [0.4, 0.5) is 5.69 Å². The number of hydrogen-bond acceptors (Lipinski definition) is 4. The molecule has 0 aromatic heterocycles. The monoisotopic (exact) mass is 329 g/mol. The summed E-state index contributed by atoms with van der Waals surface area (Å²) in [6.07, 6.45) is 3.39. The van der Waals surface area contributed by atoms with E-state index in [1.807, 2.05) is 0 Å². The summed E-state index contributed by atoms with van der Waals surface area (Å²) in [5, 5.41) is 3.56. The molecule has 1 aromatic rings. The lowest BCUT2D eigenvalue weighted by Crippen LogP contribution is -2.48. The molecule has 24 heavy (non-hydrogen) atoms. The van der Waals surface area contributed by atoms with Gasteiger partial charge in [-0.2, -0.15) is 0 Å². The molecular weight excluding hydrogens is 298 g/mol. The van der Waals surface area contributed by atoms with Crippen molar-refractivity contribution in [2.24, 2.45) is 0 Å². The average molecular weight is 329 g/mol. The molecule has 0 radical (unpaired) electrons. The second-order valence-corrected chi connectivity index (χ2v) is 6.93. The second kappa shape index (κ2) is 8.65. The van der Waals surface area contributed by atoms with Gasteiger partial charge in [0.25, 0.3) is 0 Å². The van der Waals surface area contributed by atoms with E-state index in [1.165, 1.54) is 22.4 Å². The van der Waals surface area contributed by atoms with Gasteiger partial charge in [0.2, 0.25) is 0 Å². The summed E-state index contributed by atoms with van der Waals surface area (Å²) in [6.45, 7) is 13.9. The fraction of sp³-hybridized carbons (Fsp3) is 0.600. The van der Waals surface area contributed by atoms with E-state index in [-0.39, 0.29) is 0 Å². The van der Waals surface area contributed by atoms with Crippen LogP contribution in [0.2, 0.25) is 0 Å². The third-order valence-electron chi connectivity index (χ3n) is 5.23. The van der Waals surface area contributed by atoms with Crippen molar-refractivity contribution in [2.75, 3.05) is 63.9 Å². The fourth-order valence-corrected chi connectivity index (χ4v) is 3.51. The normalized spacial score (nSPS) is 19.4. The number of ether oxygens (including phenoxy) is 1. The Morgan fingerprint density at radius 3 is 2.71 bits per heavy atom. The molecule has 1 saturated heterocycles. The molecule has 0 saturated carbocycles. The van der Waals surface area contributed by atoms with E-state index in [0.717, 1.165) is 65.4 Å². The molecule has 4 nitrogen and oxygen atoms in total. The lowest BCUT2D eigenvalue weighted by Gasteiger charge is -2.37. The Hall–Kier alpha value is -1.36. The summed E-state index contributed by atoms with van der Waals surface area (Å²) in [7, 11) is 0. The van der Waals surface area contributed by atoms with Gasteiger partial charge < -0.3 is 15.0 Å². The third-order valence-corrected chi connectivity index (χ3v) is 5.23. The molecule has 2 heterocycles. The lowest BCUT2D eigenvalue weighted by molar-refractivity contribution is 0.148. The van der Waals surface area contributed by atoms with Crippen LogP contribution in [0.1, 0.15) is 17.5 Å². The predicted octanol–water partition coefficient (Wildman–Crippen LogP) is 2.36. The van der Waals surface area contributed by atoms with E-state index in [4.69, 9.17) is 4.74 Å². The van der Waals surface area contributed by atoms with Gasteiger partial charge in [0.05, 0.1) is 13.2 Å². The van der Waals surface area contributed by atoms with Crippen LogP contribution in [0.25, 0.3) is 0 Å². The number of anilines is 1. The quantitative estimate of drug-likeness (QED) is 0.640. The lowest BCUT2D eigenvalue weighted by atomic mass is 10.1. The van der Waals surface area contributed by atoms with Gasteiger partial charge in [0.15, 0.2) is 0 Å². The molecule has 0 amide bonds. The highest BCUT2D eigenvalue weighted by Gasteiger charge is 2.18. The first-order chi connectivity index (χ1) is 11.7. The van der Waals surface area contributed by atoms with Crippen molar-refractivity contribution >= 4 is 5.69 Å². The minimum atomic E-state index is 0.807. The maximum absolute atomic E-state index is 5.48. The standard InChI is InChI=1S/C20H31N3O/c1-17-5-3-7-20(18(17)2)23-12-10-22(11-13-23)9-8-21-15-19-6-4-14-24-16-19/h3,5-7,21H,4,8-16H2,1-2H3. The number of piperazine rings is 1. The minimum Gasteiger partial charge on any atom is -0.377 e. The Balaban J connectivity index is 1.37. The van der Waals surface area contributed by atoms with Crippen molar-refractivity contribution in [1.82, 2.24) is 10.2 Å². The first-order valence-electron chi connectivity index (χ1n) is 9.24. The van der Waals surface area contributed by atoms with Crippen molar-refractivity contribution < 1.29 is 4.74 Å². The highest BCUT2D eigenvalue weighted by molar-refractivity contribution is 5.56. The van der Waals surface area contributed by atoms with Gasteiger partial charge in [0.1, 0.15) is 0 Å². The molecule has 0 bridgehead atoms. The zero-order valence-electron chi connectivity index (χ0n) is 15.2. The number of nitrogens with zero attached hydrogens (tertiary/aromatic N) is 2. The van der Waals surface area contributed by atoms with E-state index < -0.39 is 0 Å². The molecule has 1 fully saturated rings. The Labute approximate surface area is 146 Å². The summed E-state index contributed by atoms with van der Waals surface area (Å²) >= 11 is 0. The van der Waals surface area contributed by atoms with Crippen molar-refractivity contribution in [3.05, 3.63) is 41.0 Å². The van der Waals surface area contributed by atoms with Gasteiger partial charge in [-0.1, -0.05) is 18.2 Å². The first kappa shape index (κ1) is 17.5. The van der Waals surface area contributed by atoms with Crippen LogP contribution in [-0.2, 0) is 4.74 Å². The first-order valence-corrected chi connectivity index (χ1v) is 9.24. The SMILES string of the molecule is Cc1cccc(N2CCN(CCNCC3=CCCOC3)CC2)c1C. The summed E-state index contributed by atoms with van der Waals surface area (Å²) in [4.78, 5) is 5.11. The van der Waals surface area contributed by atoms with Crippen LogP contribution in [0.15, 0.2) is 29.8 Å². The zero-order chi connectivity index (χ0) is 16.8. The van der Waals surface area contributed by atoms with Crippen LogP contribution in [0.3, 0.4) is 0 Å². The molecule has 2 aliphatic rings. The Morgan fingerprint density at radius 1 is 1.12 bits per heavy atom. The molecule has 4 heteroatoms. The van der Waals surface area contributed by atoms with E-state index in [1.54, 1.807) is 0 Å². The van der Waals surface area contributed by atoms with Crippen LogP contribution in [-0.4, -0.2) is 63.9 Å². The molecule has 0 aliphatic carbocycles. The van der Waals surface area contributed by atoms with Crippen molar-refractivity contribution in [1.29, 1.82) is 0 Å². The molecule has 1 N–H and O–H groups in total. The molecule has 0 unspecified atom stereocenters. The van der Waals surface area contributed by atoms with E-state index in [0.29, 0.717) is 0 Å². The zero-order valence-corrected chi connectivity index (χ0v) is 15.2. The van der Waals surface area contributed by atoms with Crippen LogP contribution in [0.5, 0.6) is 0 Å². The summed E-state index contributed by atoms with van der Waals surface area (Å²) in [5.41, 5.74) is 5.63. The summed E-state index contributed by atoms with van der Waals surface area (Å²) in [5.74, 6) is 0. The Bertz CT molecular complexity index is 562. The molecule has 2 aliphatic heterocycles. The maximum atomic E-state index is 5.48. The van der Waals surface area contributed by atoms with Crippen molar-refractivity contribution in [3.8, 4) is 0 Å². The summed E-state index contributed by atoms with van der Waals surface area (Å²) in [6, 6.07) is 6.64. The molecule has 132 valence electrons. The maximum Gasteiger partial charge on any atom is 0.0689 e. The number of rotatable bonds is 6. The van der Waals surface area contributed by atoms with E-state index in [9.17, 15) is 0 Å². The van der Waals surface area contributed by atoms with Gasteiger partial charge in [-0.3, -0.25) is 4.90 Å². The van der Waals surface area contributed by atoms with Crippen LogP contribution >= 0.6 is 0 Å². The topological polar surface area (TPSA) is 27.7 Å². The van der Waals surface area contributed by atoms with Crippen molar-refractivity contribution in [2.45, 2.75) is 20.3 Å². The minimum absolute atomic E-state index is 0.807. The van der Waals surface area contributed by atoms with E-state index in [2.05, 4.69) is 53.2 Å². The Morgan fingerprint density at radius 2 is 1.96 bits per heavy atom. The van der Waals surface area contributed by atoms with Crippen LogP contribution in [0, 0.1) is 13.8 Å². The number of nitrogens with one attached hydrogen (secondary N) is 1. The summed E-state index contributed by atoms with van der Waals surface area (Å²) < 4.78 is 5.48. The molecule has 0 spiro atoms. The average Bonchev–Trinajstić information content (AvgIpc) is 2.63. The molecule has 0 atom stereocenters. The van der Waals surface area contributed by atoms with E-state index >= 15 is 0 Å². The Kier molecular flexibility index (Phi) is 6.30. The van der Waals surface area contributed by atoms with Gasteiger partial charge in [-0.15, -0.1) is 0 Å². The number of hydrogen-bond donors (Lipinski definition) is 1. The highest BCUT2D eigenvalue weighted by atomic mass is 16.5. The molecular formula is C20H31N3O. The largest absolute Gasteiger partial charge is 0.377 e.